The molecule has 3 aromatic heterocycles. The molecule has 0 bridgehead atoms. The fourth-order valence-electron chi connectivity index (χ4n) is 3.61. The monoisotopic (exact) mass is 541 g/mol. The zero-order valence-electron chi connectivity index (χ0n) is 19.3. The van der Waals surface area contributed by atoms with Crippen molar-refractivity contribution in [2.75, 3.05) is 48.9 Å². The van der Waals surface area contributed by atoms with Crippen LogP contribution in [0.4, 0.5) is 26.2 Å². The fraction of sp³-hybridized carbons (Fsp3) is 0.333. The number of aromatic nitrogens is 4. The number of rotatable bonds is 9. The summed E-state index contributed by atoms with van der Waals surface area (Å²) in [6.07, 6.45) is 3.93. The van der Waals surface area contributed by atoms with Crippen molar-refractivity contribution in [3.8, 4) is 5.88 Å². The number of methoxy groups -OCH3 is 2. The minimum atomic E-state index is -4.43. The van der Waals surface area contributed by atoms with Gasteiger partial charge in [0.15, 0.2) is 22.3 Å². The summed E-state index contributed by atoms with van der Waals surface area (Å²) in [5.41, 5.74) is 1.01. The molecule has 1 aliphatic rings. The van der Waals surface area contributed by atoms with E-state index in [4.69, 9.17) is 21.1 Å². The maximum Gasteiger partial charge on any atom is 0.268 e. The van der Waals surface area contributed by atoms with E-state index in [1.807, 2.05) is 4.72 Å². The van der Waals surface area contributed by atoms with Crippen molar-refractivity contribution in [3.05, 3.63) is 52.6 Å². The summed E-state index contributed by atoms with van der Waals surface area (Å²) >= 11 is 5.87. The van der Waals surface area contributed by atoms with E-state index in [-0.39, 0.29) is 24.0 Å². The summed E-state index contributed by atoms with van der Waals surface area (Å²) in [7, 11) is -1.62. The molecule has 4 rings (SSSR count). The Morgan fingerprint density at radius 2 is 1.97 bits per heavy atom. The summed E-state index contributed by atoms with van der Waals surface area (Å²) in [5, 5.41) is 3.06. The van der Waals surface area contributed by atoms with Crippen LogP contribution in [0, 0.1) is 11.6 Å². The second kappa shape index (κ2) is 10.7. The molecule has 0 aliphatic carbocycles. The molecule has 0 saturated heterocycles. The third-order valence-corrected chi connectivity index (χ3v) is 6.83. The molecule has 1 aliphatic heterocycles. The van der Waals surface area contributed by atoms with Crippen LogP contribution in [-0.2, 0) is 27.7 Å². The molecule has 3 aromatic rings. The SMILES string of the molecule is COCCNc1ncc2c(n1)CCN(c1c(F)cnc(NS(=O)(=O)c3cc(Cl)cnc3OC)c1F)C2. The van der Waals surface area contributed by atoms with Crippen molar-refractivity contribution in [1.82, 2.24) is 19.9 Å². The molecule has 0 spiro atoms. The van der Waals surface area contributed by atoms with Gasteiger partial charge >= 0.3 is 0 Å². The minimum absolute atomic E-state index is 0.0238. The van der Waals surface area contributed by atoms with Crippen molar-refractivity contribution in [1.29, 1.82) is 0 Å². The van der Waals surface area contributed by atoms with Crippen LogP contribution in [0.15, 0.2) is 29.6 Å². The van der Waals surface area contributed by atoms with Gasteiger partial charge in [-0.15, -0.1) is 0 Å². The van der Waals surface area contributed by atoms with Crippen molar-refractivity contribution in [3.63, 3.8) is 0 Å². The molecule has 0 unspecified atom stereocenters. The Balaban J connectivity index is 1.59. The molecule has 0 amide bonds. The third kappa shape index (κ3) is 5.39. The Kier molecular flexibility index (Phi) is 7.66. The molecule has 0 atom stereocenters. The van der Waals surface area contributed by atoms with E-state index in [0.717, 1.165) is 18.0 Å². The quantitative estimate of drug-likeness (QED) is 0.390. The van der Waals surface area contributed by atoms with Crippen molar-refractivity contribution in [2.24, 2.45) is 0 Å². The van der Waals surface area contributed by atoms with Gasteiger partial charge in [-0.3, -0.25) is 4.72 Å². The number of nitrogens with one attached hydrogen (secondary N) is 2. The summed E-state index contributed by atoms with van der Waals surface area (Å²) in [6.45, 7) is 1.37. The first-order chi connectivity index (χ1) is 17.2. The molecule has 36 heavy (non-hydrogen) atoms. The van der Waals surface area contributed by atoms with E-state index in [1.165, 1.54) is 18.2 Å². The van der Waals surface area contributed by atoms with E-state index in [0.29, 0.717) is 31.1 Å². The van der Waals surface area contributed by atoms with E-state index in [2.05, 4.69) is 25.3 Å². The normalized spacial score (nSPS) is 13.3. The Hall–Kier alpha value is -3.36. The minimum Gasteiger partial charge on any atom is -0.480 e. The molecule has 0 aromatic carbocycles. The number of fused-ring (bicyclic) bond motifs is 1. The Morgan fingerprint density at radius 1 is 1.17 bits per heavy atom. The molecule has 192 valence electrons. The van der Waals surface area contributed by atoms with Crippen LogP contribution in [-0.4, -0.2) is 62.3 Å². The van der Waals surface area contributed by atoms with Gasteiger partial charge in [0.05, 0.1) is 30.6 Å². The van der Waals surface area contributed by atoms with E-state index in [1.54, 1.807) is 13.3 Å². The van der Waals surface area contributed by atoms with Gasteiger partial charge in [0.25, 0.3) is 10.0 Å². The second-order valence-electron chi connectivity index (χ2n) is 7.64. The summed E-state index contributed by atoms with van der Waals surface area (Å²) in [6, 6.07) is 1.10. The van der Waals surface area contributed by atoms with Gasteiger partial charge in [-0.25, -0.2) is 37.1 Å². The molecule has 4 heterocycles. The lowest BCUT2D eigenvalue weighted by atomic mass is 10.1. The smallest absolute Gasteiger partial charge is 0.268 e. The number of hydrogen-bond acceptors (Lipinski definition) is 10. The number of sulfonamides is 1. The summed E-state index contributed by atoms with van der Waals surface area (Å²) < 4.78 is 68.0. The Labute approximate surface area is 210 Å². The average Bonchev–Trinajstić information content (AvgIpc) is 2.86. The van der Waals surface area contributed by atoms with Crippen molar-refractivity contribution < 1.29 is 26.7 Å². The highest BCUT2D eigenvalue weighted by atomic mass is 35.5. The van der Waals surface area contributed by atoms with E-state index < -0.39 is 38.1 Å². The fourth-order valence-corrected chi connectivity index (χ4v) is 4.99. The molecule has 0 radical (unpaired) electrons. The van der Waals surface area contributed by atoms with Gasteiger partial charge in [0, 0.05) is 51.1 Å². The van der Waals surface area contributed by atoms with E-state index in [9.17, 15) is 12.8 Å². The molecule has 11 nitrogen and oxygen atoms in total. The standard InChI is InChI=1S/C21H22ClF2N7O4S/c1-34-6-4-25-21-28-8-12-11-31(5-3-15(12)29-21)18-14(23)10-26-19(17(18)24)30-36(32,33)16-7-13(22)9-27-20(16)35-2/h7-10H,3-6,11H2,1-2H3,(H,26,30)(H,25,28,29). The number of halogens is 3. The molecule has 0 saturated carbocycles. The first-order valence-electron chi connectivity index (χ1n) is 10.6. The highest BCUT2D eigenvalue weighted by Gasteiger charge is 2.29. The van der Waals surface area contributed by atoms with E-state index >= 15 is 4.39 Å². The van der Waals surface area contributed by atoms with Gasteiger partial charge in [-0.1, -0.05) is 11.6 Å². The van der Waals surface area contributed by atoms with Crippen LogP contribution < -0.4 is 19.7 Å². The topological polar surface area (TPSA) is 131 Å². The van der Waals surface area contributed by atoms with Crippen LogP contribution >= 0.6 is 11.6 Å². The Bertz CT molecular complexity index is 1380. The second-order valence-corrected chi connectivity index (χ2v) is 9.73. The zero-order chi connectivity index (χ0) is 25.9. The highest BCUT2D eigenvalue weighted by Crippen LogP contribution is 2.33. The Morgan fingerprint density at radius 3 is 2.72 bits per heavy atom. The van der Waals surface area contributed by atoms with Gasteiger partial charge < -0.3 is 19.7 Å². The first kappa shape index (κ1) is 25.7. The number of pyridine rings is 2. The van der Waals surface area contributed by atoms with Crippen LogP contribution in [0.3, 0.4) is 0 Å². The summed E-state index contributed by atoms with van der Waals surface area (Å²) in [5.74, 6) is -2.62. The predicted molar refractivity (Wildman–Crippen MR) is 128 cm³/mol. The number of ether oxygens (including phenoxy) is 2. The van der Waals surface area contributed by atoms with Crippen LogP contribution in [0.1, 0.15) is 11.3 Å². The molecule has 0 fully saturated rings. The molecular formula is C21H22ClF2N7O4S. The van der Waals surface area contributed by atoms with Crippen molar-refractivity contribution >= 4 is 39.1 Å². The summed E-state index contributed by atoms with van der Waals surface area (Å²) in [4.78, 5) is 17.1. The molecular weight excluding hydrogens is 520 g/mol. The van der Waals surface area contributed by atoms with Gasteiger partial charge in [0.2, 0.25) is 11.8 Å². The lowest BCUT2D eigenvalue weighted by molar-refractivity contribution is 0.210. The highest BCUT2D eigenvalue weighted by molar-refractivity contribution is 7.92. The first-order valence-corrected chi connectivity index (χ1v) is 12.5. The largest absolute Gasteiger partial charge is 0.480 e. The number of hydrogen-bond donors (Lipinski definition) is 2. The van der Waals surface area contributed by atoms with Crippen LogP contribution in [0.25, 0.3) is 0 Å². The maximum atomic E-state index is 15.4. The third-order valence-electron chi connectivity index (χ3n) is 5.29. The maximum absolute atomic E-state index is 15.4. The molecule has 2 N–H and O–H groups in total. The zero-order valence-corrected chi connectivity index (χ0v) is 20.8. The van der Waals surface area contributed by atoms with Crippen LogP contribution in [0.2, 0.25) is 5.02 Å². The van der Waals surface area contributed by atoms with Gasteiger partial charge in [-0.2, -0.15) is 0 Å². The predicted octanol–water partition coefficient (Wildman–Crippen LogP) is 2.63. The average molecular weight is 542 g/mol. The number of anilines is 3. The van der Waals surface area contributed by atoms with Crippen molar-refractivity contribution in [2.45, 2.75) is 17.9 Å². The van der Waals surface area contributed by atoms with Gasteiger partial charge in [0.1, 0.15) is 5.69 Å². The lowest BCUT2D eigenvalue weighted by Gasteiger charge is -2.30. The molecule has 15 heteroatoms. The van der Waals surface area contributed by atoms with Crippen LogP contribution in [0.5, 0.6) is 5.88 Å². The number of nitrogens with zero attached hydrogens (tertiary/aromatic N) is 5. The van der Waals surface area contributed by atoms with Gasteiger partial charge in [-0.05, 0) is 6.07 Å². The lowest BCUT2D eigenvalue weighted by Crippen LogP contribution is -2.33.